The molecular weight excluding hydrogens is 448 g/mol. The molecule has 8 heteroatoms. The normalized spacial score (nSPS) is 12.7. The Balaban J connectivity index is 2.16. The predicted molar refractivity (Wildman–Crippen MR) is 110 cm³/mol. The number of carboxylic acids is 1. The molecule has 0 fully saturated rings. The molecule has 0 saturated heterocycles. The van der Waals surface area contributed by atoms with Crippen molar-refractivity contribution in [3.63, 3.8) is 0 Å². The number of nitrogens with one attached hydrogen (secondary N) is 2. The SMILES string of the molecule is CC(=O)N[C@@H](Cc1ccccc1)C(=O)N[C@@H](Cc1cc(Cl)ccc1Br)C(=O)O. The number of carbonyl (C=O) groups is 3. The first kappa shape index (κ1) is 21.9. The van der Waals surface area contributed by atoms with Gasteiger partial charge in [-0.05, 0) is 29.3 Å². The lowest BCUT2D eigenvalue weighted by Crippen LogP contribution is -2.52. The summed E-state index contributed by atoms with van der Waals surface area (Å²) < 4.78 is 0.695. The minimum absolute atomic E-state index is 0.0420. The number of aliphatic carboxylic acids is 1. The van der Waals surface area contributed by atoms with Gasteiger partial charge >= 0.3 is 5.97 Å². The van der Waals surface area contributed by atoms with Gasteiger partial charge in [-0.3, -0.25) is 9.59 Å². The van der Waals surface area contributed by atoms with Gasteiger partial charge in [0.05, 0.1) is 0 Å². The van der Waals surface area contributed by atoms with Gasteiger partial charge in [-0.2, -0.15) is 0 Å². The van der Waals surface area contributed by atoms with Crippen LogP contribution >= 0.6 is 27.5 Å². The molecule has 2 aromatic rings. The summed E-state index contributed by atoms with van der Waals surface area (Å²) in [5.41, 5.74) is 1.50. The van der Waals surface area contributed by atoms with Crippen molar-refractivity contribution in [1.29, 1.82) is 0 Å². The number of halogens is 2. The Morgan fingerprint density at radius 2 is 1.71 bits per heavy atom. The van der Waals surface area contributed by atoms with Gasteiger partial charge in [0.25, 0.3) is 0 Å². The van der Waals surface area contributed by atoms with Gasteiger partial charge in [-0.25, -0.2) is 4.79 Å². The molecule has 0 spiro atoms. The summed E-state index contributed by atoms with van der Waals surface area (Å²) >= 11 is 9.34. The number of amides is 2. The monoisotopic (exact) mass is 466 g/mol. The molecule has 2 rings (SSSR count). The highest BCUT2D eigenvalue weighted by molar-refractivity contribution is 9.10. The topological polar surface area (TPSA) is 95.5 Å². The molecule has 28 heavy (non-hydrogen) atoms. The van der Waals surface area contributed by atoms with Crippen LogP contribution in [0.1, 0.15) is 18.1 Å². The Morgan fingerprint density at radius 1 is 1.04 bits per heavy atom. The van der Waals surface area contributed by atoms with Gasteiger partial charge in [0.15, 0.2) is 0 Å². The van der Waals surface area contributed by atoms with Crippen LogP contribution in [-0.4, -0.2) is 35.0 Å². The summed E-state index contributed by atoms with van der Waals surface area (Å²) in [4.78, 5) is 35.9. The Labute approximate surface area is 176 Å². The second-order valence-corrected chi connectivity index (χ2v) is 7.57. The first-order valence-corrected chi connectivity index (χ1v) is 9.71. The molecule has 2 aromatic carbocycles. The first-order valence-electron chi connectivity index (χ1n) is 8.54. The molecule has 0 aromatic heterocycles. The maximum absolute atomic E-state index is 12.7. The minimum atomic E-state index is -1.18. The highest BCUT2D eigenvalue weighted by atomic mass is 79.9. The Morgan fingerprint density at radius 3 is 2.32 bits per heavy atom. The van der Waals surface area contributed by atoms with Crippen molar-refractivity contribution in [2.75, 3.05) is 0 Å². The van der Waals surface area contributed by atoms with Gasteiger partial charge < -0.3 is 15.7 Å². The molecule has 0 unspecified atom stereocenters. The summed E-state index contributed by atoms with van der Waals surface area (Å²) in [7, 11) is 0. The molecule has 0 aliphatic rings. The zero-order chi connectivity index (χ0) is 20.7. The molecule has 6 nitrogen and oxygen atoms in total. The summed E-state index contributed by atoms with van der Waals surface area (Å²) in [5, 5.41) is 15.1. The van der Waals surface area contributed by atoms with E-state index >= 15 is 0 Å². The van der Waals surface area contributed by atoms with Crippen molar-refractivity contribution in [1.82, 2.24) is 10.6 Å². The van der Waals surface area contributed by atoms with Crippen molar-refractivity contribution in [2.45, 2.75) is 31.8 Å². The van der Waals surface area contributed by atoms with Crippen LogP contribution in [0.25, 0.3) is 0 Å². The molecule has 0 saturated carbocycles. The molecule has 3 N–H and O–H groups in total. The van der Waals surface area contributed by atoms with E-state index in [1.54, 1.807) is 18.2 Å². The summed E-state index contributed by atoms with van der Waals surface area (Å²) in [6, 6.07) is 12.1. The van der Waals surface area contributed by atoms with Crippen molar-refractivity contribution in [2.24, 2.45) is 0 Å². The summed E-state index contributed by atoms with van der Waals surface area (Å²) in [6.07, 6.45) is 0.291. The highest BCUT2D eigenvalue weighted by Gasteiger charge is 2.27. The lowest BCUT2D eigenvalue weighted by atomic mass is 10.0. The van der Waals surface area contributed by atoms with Crippen molar-refractivity contribution < 1.29 is 19.5 Å². The van der Waals surface area contributed by atoms with E-state index in [1.165, 1.54) is 6.92 Å². The van der Waals surface area contributed by atoms with Crippen LogP contribution in [0.5, 0.6) is 0 Å². The van der Waals surface area contributed by atoms with Crippen LogP contribution in [0, 0.1) is 0 Å². The molecule has 2 atom stereocenters. The zero-order valence-corrected chi connectivity index (χ0v) is 17.5. The number of hydrogen-bond acceptors (Lipinski definition) is 3. The quantitative estimate of drug-likeness (QED) is 0.556. The number of carboxylic acid groups (broad SMARTS) is 1. The van der Waals surface area contributed by atoms with E-state index in [0.29, 0.717) is 15.1 Å². The third-order valence-corrected chi connectivity index (χ3v) is 5.03. The molecule has 148 valence electrons. The fraction of sp³-hybridized carbons (Fsp3) is 0.250. The van der Waals surface area contributed by atoms with Crippen molar-refractivity contribution >= 4 is 45.3 Å². The van der Waals surface area contributed by atoms with Crippen LogP contribution in [0.2, 0.25) is 5.02 Å². The first-order chi connectivity index (χ1) is 13.3. The van der Waals surface area contributed by atoms with Crippen LogP contribution in [0.3, 0.4) is 0 Å². The van der Waals surface area contributed by atoms with E-state index < -0.39 is 24.0 Å². The van der Waals surface area contributed by atoms with Crippen LogP contribution < -0.4 is 10.6 Å². The predicted octanol–water partition coefficient (Wildman–Crippen LogP) is 2.96. The molecule has 0 aliphatic carbocycles. The maximum Gasteiger partial charge on any atom is 0.326 e. The van der Waals surface area contributed by atoms with Crippen molar-refractivity contribution in [3.8, 4) is 0 Å². The van der Waals surface area contributed by atoms with E-state index in [-0.39, 0.29) is 18.7 Å². The van der Waals surface area contributed by atoms with E-state index in [0.717, 1.165) is 5.56 Å². The molecule has 0 bridgehead atoms. The number of rotatable bonds is 8. The molecule has 0 aliphatic heterocycles. The van der Waals surface area contributed by atoms with E-state index in [4.69, 9.17) is 11.6 Å². The largest absolute Gasteiger partial charge is 0.480 e. The van der Waals surface area contributed by atoms with Gasteiger partial charge in [-0.1, -0.05) is 57.9 Å². The third kappa shape index (κ3) is 6.65. The smallest absolute Gasteiger partial charge is 0.326 e. The number of benzene rings is 2. The van der Waals surface area contributed by atoms with E-state index in [9.17, 15) is 19.5 Å². The Bertz CT molecular complexity index is 861. The fourth-order valence-electron chi connectivity index (χ4n) is 2.70. The van der Waals surface area contributed by atoms with Crippen molar-refractivity contribution in [3.05, 3.63) is 69.2 Å². The summed E-state index contributed by atoms with van der Waals surface area (Å²) in [6.45, 7) is 1.31. The van der Waals surface area contributed by atoms with Gasteiger partial charge in [0, 0.05) is 29.3 Å². The lowest BCUT2D eigenvalue weighted by Gasteiger charge is -2.21. The minimum Gasteiger partial charge on any atom is -0.480 e. The third-order valence-electron chi connectivity index (χ3n) is 4.02. The molecule has 0 heterocycles. The average Bonchev–Trinajstić information content (AvgIpc) is 2.63. The van der Waals surface area contributed by atoms with Gasteiger partial charge in [0.1, 0.15) is 12.1 Å². The summed E-state index contributed by atoms with van der Waals surface area (Å²) in [5.74, 6) is -2.12. The van der Waals surface area contributed by atoms with E-state index in [2.05, 4.69) is 26.6 Å². The molecule has 2 amide bonds. The average molecular weight is 468 g/mol. The Kier molecular flexibility index (Phi) is 8.02. The lowest BCUT2D eigenvalue weighted by molar-refractivity contribution is -0.142. The maximum atomic E-state index is 12.7. The highest BCUT2D eigenvalue weighted by Crippen LogP contribution is 2.22. The second-order valence-electron chi connectivity index (χ2n) is 6.28. The number of carbonyl (C=O) groups excluding carboxylic acids is 2. The second kappa shape index (κ2) is 10.2. The van der Waals surface area contributed by atoms with Gasteiger partial charge in [0.2, 0.25) is 11.8 Å². The zero-order valence-electron chi connectivity index (χ0n) is 15.1. The molecular formula is C20H20BrClN2O4. The fourth-order valence-corrected chi connectivity index (χ4v) is 3.30. The standard InChI is InChI=1S/C20H20BrClN2O4/c1-12(25)23-17(9-13-5-3-2-4-6-13)19(26)24-18(20(27)28)11-14-10-15(22)7-8-16(14)21/h2-8,10,17-18H,9,11H2,1H3,(H,23,25)(H,24,26)(H,27,28)/t17-,18-/m0/s1. The van der Waals surface area contributed by atoms with Crippen LogP contribution in [0.15, 0.2) is 53.0 Å². The van der Waals surface area contributed by atoms with Crippen LogP contribution in [-0.2, 0) is 27.2 Å². The van der Waals surface area contributed by atoms with Crippen LogP contribution in [0.4, 0.5) is 0 Å². The van der Waals surface area contributed by atoms with Gasteiger partial charge in [-0.15, -0.1) is 0 Å². The Hall–Kier alpha value is -2.38. The van der Waals surface area contributed by atoms with E-state index in [1.807, 2.05) is 30.3 Å². The number of hydrogen-bond donors (Lipinski definition) is 3. The molecule has 0 radical (unpaired) electrons.